The minimum atomic E-state index is 0.568. The molecule has 0 bridgehead atoms. The lowest BCUT2D eigenvalue weighted by Gasteiger charge is -2.11. The molecule has 0 fully saturated rings. The summed E-state index contributed by atoms with van der Waals surface area (Å²) in [4.78, 5) is 15.2. The van der Waals surface area contributed by atoms with Crippen LogP contribution in [0.4, 0.5) is 0 Å². The SMILES string of the molecule is c1ccc(-c2cc(-c3nc(-c4ccccc4)nc(-c4ccc5ccccc5c4)n3)c3oc4cc5ccccc5cc4c3c2)cc1. The summed E-state index contributed by atoms with van der Waals surface area (Å²) in [6.45, 7) is 0. The predicted octanol–water partition coefficient (Wildman–Crippen LogP) is 10.7. The van der Waals surface area contributed by atoms with Gasteiger partial charge in [0.05, 0.1) is 5.56 Å². The molecule has 210 valence electrons. The van der Waals surface area contributed by atoms with E-state index in [-0.39, 0.29) is 0 Å². The molecule has 0 spiro atoms. The van der Waals surface area contributed by atoms with Gasteiger partial charge in [0.25, 0.3) is 0 Å². The molecule has 2 aromatic heterocycles. The van der Waals surface area contributed by atoms with E-state index in [0.717, 1.165) is 60.5 Å². The molecular weight excluding hydrogens is 550 g/mol. The number of furan rings is 1. The van der Waals surface area contributed by atoms with Crippen molar-refractivity contribution in [1.82, 2.24) is 15.0 Å². The number of benzene rings is 7. The fraction of sp³-hybridized carbons (Fsp3) is 0. The van der Waals surface area contributed by atoms with E-state index in [1.807, 2.05) is 36.4 Å². The molecule has 45 heavy (non-hydrogen) atoms. The average Bonchev–Trinajstić information content (AvgIpc) is 3.47. The van der Waals surface area contributed by atoms with Crippen LogP contribution in [0.15, 0.2) is 156 Å². The normalized spacial score (nSPS) is 11.6. The molecule has 0 unspecified atom stereocenters. The topological polar surface area (TPSA) is 51.8 Å². The Kier molecular flexibility index (Phi) is 5.78. The van der Waals surface area contributed by atoms with Gasteiger partial charge in [0.1, 0.15) is 11.2 Å². The summed E-state index contributed by atoms with van der Waals surface area (Å²) in [7, 11) is 0. The second kappa shape index (κ2) is 10.2. The maximum absolute atomic E-state index is 6.69. The van der Waals surface area contributed by atoms with Crippen LogP contribution < -0.4 is 0 Å². The van der Waals surface area contributed by atoms with Gasteiger partial charge in [-0.15, -0.1) is 0 Å². The van der Waals surface area contributed by atoms with Gasteiger partial charge in [0.15, 0.2) is 17.5 Å². The van der Waals surface area contributed by atoms with Crippen molar-refractivity contribution in [2.75, 3.05) is 0 Å². The van der Waals surface area contributed by atoms with Crippen LogP contribution in [-0.2, 0) is 0 Å². The van der Waals surface area contributed by atoms with Crippen LogP contribution in [0.1, 0.15) is 0 Å². The van der Waals surface area contributed by atoms with Crippen molar-refractivity contribution in [3.63, 3.8) is 0 Å². The van der Waals surface area contributed by atoms with E-state index in [9.17, 15) is 0 Å². The van der Waals surface area contributed by atoms with Gasteiger partial charge in [-0.2, -0.15) is 0 Å². The maximum Gasteiger partial charge on any atom is 0.167 e. The number of aromatic nitrogens is 3. The Bertz CT molecular complexity index is 2540. The van der Waals surface area contributed by atoms with Gasteiger partial charge in [-0.1, -0.05) is 121 Å². The highest BCUT2D eigenvalue weighted by Crippen LogP contribution is 2.40. The van der Waals surface area contributed by atoms with Crippen molar-refractivity contribution in [3.05, 3.63) is 152 Å². The molecule has 0 radical (unpaired) electrons. The standard InChI is InChI=1S/C41H25N3O/c1-3-11-26(12-4-1)33-23-35-34-22-30-17-9-10-18-31(30)25-37(34)45-38(35)36(24-33)41-43-39(28-14-5-2-6-15-28)42-40(44-41)32-20-19-27-13-7-8-16-29(27)21-32/h1-25H. The first-order valence-electron chi connectivity index (χ1n) is 15.0. The first-order chi connectivity index (χ1) is 22.3. The molecule has 0 aliphatic carbocycles. The molecule has 4 heteroatoms. The second-order valence-corrected chi connectivity index (χ2v) is 11.3. The summed E-state index contributed by atoms with van der Waals surface area (Å²) >= 11 is 0. The Balaban J connectivity index is 1.35. The number of rotatable bonds is 4. The zero-order valence-electron chi connectivity index (χ0n) is 24.2. The van der Waals surface area contributed by atoms with Crippen LogP contribution in [0.25, 0.3) is 88.8 Å². The molecule has 4 nitrogen and oxygen atoms in total. The van der Waals surface area contributed by atoms with Crippen LogP contribution in [0.3, 0.4) is 0 Å². The Labute approximate surface area is 259 Å². The van der Waals surface area contributed by atoms with E-state index in [1.54, 1.807) is 0 Å². The van der Waals surface area contributed by atoms with Crippen molar-refractivity contribution in [2.45, 2.75) is 0 Å². The third kappa shape index (κ3) is 4.43. The van der Waals surface area contributed by atoms with Gasteiger partial charge in [-0.25, -0.2) is 15.0 Å². The van der Waals surface area contributed by atoms with Crippen LogP contribution in [0.5, 0.6) is 0 Å². The molecule has 9 rings (SSSR count). The zero-order valence-corrected chi connectivity index (χ0v) is 24.2. The summed E-state index contributed by atoms with van der Waals surface area (Å²) < 4.78 is 6.69. The largest absolute Gasteiger partial charge is 0.455 e. The van der Waals surface area contributed by atoms with Gasteiger partial charge in [0, 0.05) is 21.9 Å². The fourth-order valence-corrected chi connectivity index (χ4v) is 6.20. The smallest absolute Gasteiger partial charge is 0.167 e. The maximum atomic E-state index is 6.69. The molecule has 9 aromatic rings. The van der Waals surface area contributed by atoms with E-state index >= 15 is 0 Å². The summed E-state index contributed by atoms with van der Waals surface area (Å²) in [6, 6.07) is 52.3. The van der Waals surface area contributed by atoms with Crippen molar-refractivity contribution < 1.29 is 4.42 Å². The summed E-state index contributed by atoms with van der Waals surface area (Å²) in [5.41, 5.74) is 6.46. The lowest BCUT2D eigenvalue weighted by Crippen LogP contribution is -2.00. The van der Waals surface area contributed by atoms with E-state index in [0.29, 0.717) is 17.5 Å². The Morgan fingerprint density at radius 2 is 0.933 bits per heavy atom. The Morgan fingerprint density at radius 3 is 1.67 bits per heavy atom. The average molecular weight is 576 g/mol. The highest BCUT2D eigenvalue weighted by Gasteiger charge is 2.20. The van der Waals surface area contributed by atoms with Crippen LogP contribution in [0.2, 0.25) is 0 Å². The quantitative estimate of drug-likeness (QED) is 0.209. The second-order valence-electron chi connectivity index (χ2n) is 11.3. The van der Waals surface area contributed by atoms with Crippen molar-refractivity contribution in [3.8, 4) is 45.3 Å². The molecule has 0 atom stereocenters. The molecule has 0 N–H and O–H groups in total. The lowest BCUT2D eigenvalue weighted by molar-refractivity contribution is 0.670. The monoisotopic (exact) mass is 575 g/mol. The summed E-state index contributed by atoms with van der Waals surface area (Å²) in [6.07, 6.45) is 0. The third-order valence-electron chi connectivity index (χ3n) is 8.46. The Morgan fingerprint density at radius 1 is 0.356 bits per heavy atom. The summed E-state index contributed by atoms with van der Waals surface area (Å²) in [5, 5.41) is 6.71. The third-order valence-corrected chi connectivity index (χ3v) is 8.46. The number of nitrogens with zero attached hydrogens (tertiary/aromatic N) is 3. The van der Waals surface area contributed by atoms with E-state index in [4.69, 9.17) is 19.4 Å². The first kappa shape index (κ1) is 25.4. The van der Waals surface area contributed by atoms with E-state index in [2.05, 4.69) is 115 Å². The van der Waals surface area contributed by atoms with Gasteiger partial charge < -0.3 is 4.42 Å². The van der Waals surface area contributed by atoms with E-state index in [1.165, 1.54) is 10.8 Å². The minimum absolute atomic E-state index is 0.568. The highest BCUT2D eigenvalue weighted by atomic mass is 16.3. The molecule has 0 amide bonds. The summed E-state index contributed by atoms with van der Waals surface area (Å²) in [5.74, 6) is 1.80. The zero-order chi connectivity index (χ0) is 29.7. The lowest BCUT2D eigenvalue weighted by atomic mass is 9.98. The van der Waals surface area contributed by atoms with Crippen LogP contribution in [0, 0.1) is 0 Å². The predicted molar refractivity (Wildman–Crippen MR) is 184 cm³/mol. The fourth-order valence-electron chi connectivity index (χ4n) is 6.20. The van der Waals surface area contributed by atoms with Gasteiger partial charge >= 0.3 is 0 Å². The molecule has 2 heterocycles. The highest BCUT2D eigenvalue weighted by molar-refractivity contribution is 6.14. The Hall–Kier alpha value is -6.13. The van der Waals surface area contributed by atoms with Gasteiger partial charge in [-0.3, -0.25) is 0 Å². The number of hydrogen-bond donors (Lipinski definition) is 0. The van der Waals surface area contributed by atoms with Crippen molar-refractivity contribution in [2.24, 2.45) is 0 Å². The molecule has 0 aliphatic rings. The molecule has 0 aliphatic heterocycles. The molecule has 0 saturated carbocycles. The minimum Gasteiger partial charge on any atom is -0.455 e. The molecular formula is C41H25N3O. The van der Waals surface area contributed by atoms with Crippen molar-refractivity contribution in [1.29, 1.82) is 0 Å². The van der Waals surface area contributed by atoms with Gasteiger partial charge in [-0.05, 0) is 63.0 Å². The first-order valence-corrected chi connectivity index (χ1v) is 15.0. The van der Waals surface area contributed by atoms with E-state index < -0.39 is 0 Å². The van der Waals surface area contributed by atoms with Crippen molar-refractivity contribution >= 4 is 43.5 Å². The molecule has 0 saturated heterocycles. The molecule has 7 aromatic carbocycles. The van der Waals surface area contributed by atoms with Crippen LogP contribution >= 0.6 is 0 Å². The van der Waals surface area contributed by atoms with Crippen LogP contribution in [-0.4, -0.2) is 15.0 Å². The van der Waals surface area contributed by atoms with Gasteiger partial charge in [0.2, 0.25) is 0 Å². The number of hydrogen-bond acceptors (Lipinski definition) is 4. The number of fused-ring (bicyclic) bond motifs is 5.